The number of rotatable bonds is 3. The second-order valence-electron chi connectivity index (χ2n) is 5.26. The summed E-state index contributed by atoms with van der Waals surface area (Å²) in [5.41, 5.74) is 3.94. The third-order valence-electron chi connectivity index (χ3n) is 3.88. The topological polar surface area (TPSA) is 49.8 Å². The summed E-state index contributed by atoms with van der Waals surface area (Å²) in [7, 11) is 1.84. The molecule has 1 aromatic heterocycles. The van der Waals surface area contributed by atoms with E-state index in [-0.39, 0.29) is 0 Å². The Labute approximate surface area is 119 Å². The van der Waals surface area contributed by atoms with Gasteiger partial charge in [0, 0.05) is 18.8 Å². The highest BCUT2D eigenvalue weighted by molar-refractivity contribution is 5.49. The number of fused-ring (bicyclic) bond motifs is 1. The molecular formula is C16H20N4. The smallest absolute Gasteiger partial charge is 0.224 e. The molecule has 1 atom stereocenters. The molecule has 0 bridgehead atoms. The normalized spacial score (nSPS) is 17.4. The molecular weight excluding hydrogens is 248 g/mol. The summed E-state index contributed by atoms with van der Waals surface area (Å²) in [4.78, 5) is 8.76. The van der Waals surface area contributed by atoms with E-state index in [1.165, 1.54) is 24.0 Å². The molecule has 0 aliphatic heterocycles. The summed E-state index contributed by atoms with van der Waals surface area (Å²) in [5, 5.41) is 6.58. The molecule has 0 spiro atoms. The molecule has 4 heteroatoms. The maximum Gasteiger partial charge on any atom is 0.224 e. The molecule has 4 nitrogen and oxygen atoms in total. The van der Waals surface area contributed by atoms with Crippen LogP contribution in [0.15, 0.2) is 30.5 Å². The first-order chi connectivity index (χ1) is 9.78. The largest absolute Gasteiger partial charge is 0.363 e. The number of aryl methyl sites for hydroxylation is 2. The van der Waals surface area contributed by atoms with Gasteiger partial charge in [0.15, 0.2) is 0 Å². The fourth-order valence-electron chi connectivity index (χ4n) is 2.78. The Morgan fingerprint density at radius 2 is 2.10 bits per heavy atom. The number of hydrogen-bond donors (Lipinski definition) is 2. The Hall–Kier alpha value is -2.10. The molecule has 3 rings (SSSR count). The lowest BCUT2D eigenvalue weighted by molar-refractivity contribution is 0.598. The Bertz CT molecular complexity index is 609. The van der Waals surface area contributed by atoms with Crippen molar-refractivity contribution < 1.29 is 0 Å². The van der Waals surface area contributed by atoms with Gasteiger partial charge in [0.05, 0.1) is 6.04 Å². The number of anilines is 2. The second-order valence-corrected chi connectivity index (χ2v) is 5.26. The van der Waals surface area contributed by atoms with Crippen LogP contribution in [0.25, 0.3) is 0 Å². The quantitative estimate of drug-likeness (QED) is 0.896. The van der Waals surface area contributed by atoms with Gasteiger partial charge < -0.3 is 10.6 Å². The molecule has 0 amide bonds. The summed E-state index contributed by atoms with van der Waals surface area (Å²) in [5.74, 6) is 1.58. The molecule has 0 fully saturated rings. The van der Waals surface area contributed by atoms with E-state index in [0.717, 1.165) is 17.8 Å². The van der Waals surface area contributed by atoms with Gasteiger partial charge in [-0.15, -0.1) is 0 Å². The van der Waals surface area contributed by atoms with Crippen molar-refractivity contribution in [2.24, 2.45) is 0 Å². The number of nitrogens with zero attached hydrogens (tertiary/aromatic N) is 2. The van der Waals surface area contributed by atoms with Gasteiger partial charge in [-0.2, -0.15) is 4.98 Å². The van der Waals surface area contributed by atoms with E-state index in [1.54, 1.807) is 0 Å². The Kier molecular flexibility index (Phi) is 3.54. The van der Waals surface area contributed by atoms with Crippen molar-refractivity contribution in [2.75, 3.05) is 17.7 Å². The monoisotopic (exact) mass is 268 g/mol. The molecule has 0 radical (unpaired) electrons. The van der Waals surface area contributed by atoms with Crippen LogP contribution in [-0.2, 0) is 6.42 Å². The molecule has 20 heavy (non-hydrogen) atoms. The van der Waals surface area contributed by atoms with Crippen LogP contribution >= 0.6 is 0 Å². The van der Waals surface area contributed by atoms with E-state index in [9.17, 15) is 0 Å². The van der Waals surface area contributed by atoms with Crippen LogP contribution in [0, 0.1) is 6.92 Å². The van der Waals surface area contributed by atoms with E-state index in [1.807, 2.05) is 20.2 Å². The number of nitrogens with one attached hydrogen (secondary N) is 2. The first-order valence-electron chi connectivity index (χ1n) is 7.13. The average molecular weight is 268 g/mol. The second kappa shape index (κ2) is 5.49. The molecule has 2 aromatic rings. The van der Waals surface area contributed by atoms with E-state index in [4.69, 9.17) is 0 Å². The molecule has 2 N–H and O–H groups in total. The van der Waals surface area contributed by atoms with Crippen LogP contribution in [0.1, 0.15) is 35.6 Å². The van der Waals surface area contributed by atoms with Gasteiger partial charge in [-0.1, -0.05) is 24.3 Å². The lowest BCUT2D eigenvalue weighted by Crippen LogP contribution is -2.18. The first-order valence-corrected chi connectivity index (χ1v) is 7.13. The maximum atomic E-state index is 4.52. The van der Waals surface area contributed by atoms with Gasteiger partial charge in [-0.05, 0) is 37.3 Å². The summed E-state index contributed by atoms with van der Waals surface area (Å²) in [6, 6.07) is 9.04. The van der Waals surface area contributed by atoms with Gasteiger partial charge in [0.2, 0.25) is 5.95 Å². The Morgan fingerprint density at radius 3 is 2.95 bits per heavy atom. The van der Waals surface area contributed by atoms with E-state index >= 15 is 0 Å². The molecule has 1 aromatic carbocycles. The summed E-state index contributed by atoms with van der Waals surface area (Å²) in [6.45, 7) is 2.04. The van der Waals surface area contributed by atoms with Crippen molar-refractivity contribution in [2.45, 2.75) is 32.2 Å². The zero-order valence-corrected chi connectivity index (χ0v) is 12.0. The minimum atomic E-state index is 0.346. The van der Waals surface area contributed by atoms with Crippen LogP contribution in [0.5, 0.6) is 0 Å². The highest BCUT2D eigenvalue weighted by Gasteiger charge is 2.20. The third kappa shape index (κ3) is 2.46. The molecule has 1 aliphatic rings. The third-order valence-corrected chi connectivity index (χ3v) is 3.88. The summed E-state index contributed by atoms with van der Waals surface area (Å²) < 4.78 is 0. The van der Waals surface area contributed by atoms with Crippen LogP contribution in [-0.4, -0.2) is 17.0 Å². The van der Waals surface area contributed by atoms with Gasteiger partial charge in [0.1, 0.15) is 5.82 Å². The zero-order valence-electron chi connectivity index (χ0n) is 12.0. The van der Waals surface area contributed by atoms with Crippen LogP contribution < -0.4 is 10.6 Å². The van der Waals surface area contributed by atoms with Crippen LogP contribution in [0.3, 0.4) is 0 Å². The van der Waals surface area contributed by atoms with Crippen molar-refractivity contribution >= 4 is 11.8 Å². The molecule has 0 saturated heterocycles. The van der Waals surface area contributed by atoms with Crippen molar-refractivity contribution in [3.05, 3.63) is 47.2 Å². The van der Waals surface area contributed by atoms with Gasteiger partial charge in [0.25, 0.3) is 0 Å². The minimum absolute atomic E-state index is 0.346. The van der Waals surface area contributed by atoms with Gasteiger partial charge in [-0.25, -0.2) is 4.98 Å². The molecule has 1 heterocycles. The predicted molar refractivity (Wildman–Crippen MR) is 82.1 cm³/mol. The van der Waals surface area contributed by atoms with Crippen LogP contribution in [0.4, 0.5) is 11.8 Å². The summed E-state index contributed by atoms with van der Waals surface area (Å²) in [6.07, 6.45) is 5.40. The van der Waals surface area contributed by atoms with Gasteiger partial charge in [-0.3, -0.25) is 0 Å². The zero-order chi connectivity index (χ0) is 13.9. The Morgan fingerprint density at radius 1 is 1.25 bits per heavy atom. The lowest BCUT2D eigenvalue weighted by atomic mass is 9.88. The maximum absolute atomic E-state index is 4.52. The number of benzene rings is 1. The van der Waals surface area contributed by atoms with E-state index in [0.29, 0.717) is 12.0 Å². The van der Waals surface area contributed by atoms with E-state index in [2.05, 4.69) is 44.9 Å². The van der Waals surface area contributed by atoms with Crippen molar-refractivity contribution in [3.63, 3.8) is 0 Å². The van der Waals surface area contributed by atoms with Crippen molar-refractivity contribution in [3.8, 4) is 0 Å². The molecule has 0 saturated carbocycles. The Balaban J connectivity index is 1.89. The highest BCUT2D eigenvalue weighted by atomic mass is 15.1. The van der Waals surface area contributed by atoms with Gasteiger partial charge >= 0.3 is 0 Å². The lowest BCUT2D eigenvalue weighted by Gasteiger charge is -2.27. The SMILES string of the molecule is CNc1ncc(C)c(NC2CCCc3ccccc32)n1. The standard InChI is InChI=1S/C16H20N4/c1-11-10-18-16(17-2)20-15(11)19-14-9-5-7-12-6-3-4-8-13(12)14/h3-4,6,8,10,14H,5,7,9H2,1-2H3,(H2,17,18,19,20). The van der Waals surface area contributed by atoms with Crippen molar-refractivity contribution in [1.29, 1.82) is 0 Å². The number of aromatic nitrogens is 2. The average Bonchev–Trinajstić information content (AvgIpc) is 2.50. The van der Waals surface area contributed by atoms with Crippen LogP contribution in [0.2, 0.25) is 0 Å². The number of hydrogen-bond acceptors (Lipinski definition) is 4. The molecule has 1 aliphatic carbocycles. The fraction of sp³-hybridized carbons (Fsp3) is 0.375. The van der Waals surface area contributed by atoms with Crippen molar-refractivity contribution in [1.82, 2.24) is 9.97 Å². The van der Waals surface area contributed by atoms with E-state index < -0.39 is 0 Å². The predicted octanol–water partition coefficient (Wildman–Crippen LogP) is 3.32. The first kappa shape index (κ1) is 12.9. The summed E-state index contributed by atoms with van der Waals surface area (Å²) >= 11 is 0. The molecule has 1 unspecified atom stereocenters. The molecule has 104 valence electrons. The highest BCUT2D eigenvalue weighted by Crippen LogP contribution is 2.32. The fourth-order valence-corrected chi connectivity index (χ4v) is 2.78. The minimum Gasteiger partial charge on any atom is -0.363 e.